The second kappa shape index (κ2) is 7.41. The van der Waals surface area contributed by atoms with Gasteiger partial charge in [-0.1, -0.05) is 54.1 Å². The fourth-order valence-electron chi connectivity index (χ4n) is 3.40. The Morgan fingerprint density at radius 2 is 1.72 bits per heavy atom. The van der Waals surface area contributed by atoms with E-state index in [0.29, 0.717) is 32.7 Å². The Balaban J connectivity index is 1.95. The molecule has 0 atom stereocenters. The molecule has 0 amide bonds. The molecule has 0 saturated heterocycles. The van der Waals surface area contributed by atoms with Gasteiger partial charge in [0.05, 0.1) is 6.42 Å². The second-order valence-corrected chi connectivity index (χ2v) is 6.92. The zero-order valence-electron chi connectivity index (χ0n) is 15.0. The Bertz CT molecular complexity index is 1240. The number of benzene rings is 3. The number of carboxylic acid groups (broad SMARTS) is 1. The van der Waals surface area contributed by atoms with E-state index in [1.165, 1.54) is 0 Å². The summed E-state index contributed by atoms with van der Waals surface area (Å²) in [6.07, 6.45) is -0.121. The van der Waals surface area contributed by atoms with Crippen LogP contribution in [0.3, 0.4) is 0 Å². The number of rotatable bonds is 5. The minimum atomic E-state index is -0.931. The van der Waals surface area contributed by atoms with Gasteiger partial charge in [0, 0.05) is 10.4 Å². The largest absolute Gasteiger partial charge is 0.481 e. The molecule has 0 aliphatic heterocycles. The number of aliphatic carboxylic acids is 1. The van der Waals surface area contributed by atoms with Crippen molar-refractivity contribution in [2.45, 2.75) is 6.42 Å². The molecule has 1 aromatic heterocycles. The average molecular weight is 408 g/mol. The Morgan fingerprint density at radius 3 is 2.41 bits per heavy atom. The maximum atomic E-state index is 11.6. The zero-order chi connectivity index (χ0) is 20.5. The maximum absolute atomic E-state index is 11.6. The number of carboxylic acids is 1. The summed E-state index contributed by atoms with van der Waals surface area (Å²) in [4.78, 5) is 22.2. The summed E-state index contributed by atoms with van der Waals surface area (Å²) in [7, 11) is 0. The number of hydrogen-bond donors (Lipinski definition) is 1. The van der Waals surface area contributed by atoms with Gasteiger partial charge in [-0.2, -0.15) is 0 Å². The van der Waals surface area contributed by atoms with Crippen molar-refractivity contribution in [2.24, 2.45) is 0 Å². The van der Waals surface area contributed by atoms with Crippen LogP contribution < -0.4 is 0 Å². The van der Waals surface area contributed by atoms with Gasteiger partial charge in [-0.3, -0.25) is 14.9 Å². The third kappa shape index (κ3) is 3.58. The van der Waals surface area contributed by atoms with Gasteiger partial charge in [0.2, 0.25) is 0 Å². The van der Waals surface area contributed by atoms with Crippen LogP contribution in [0.5, 0.6) is 0 Å². The quantitative estimate of drug-likeness (QED) is 0.325. The number of nitro groups is 1. The molecule has 0 aliphatic rings. The molecule has 0 fully saturated rings. The minimum Gasteiger partial charge on any atom is -0.481 e. The van der Waals surface area contributed by atoms with Gasteiger partial charge >= 0.3 is 11.9 Å². The van der Waals surface area contributed by atoms with E-state index in [0.717, 1.165) is 11.1 Å². The Morgan fingerprint density at radius 1 is 1.03 bits per heavy atom. The van der Waals surface area contributed by atoms with Crippen LogP contribution >= 0.6 is 11.6 Å². The van der Waals surface area contributed by atoms with Crippen LogP contribution in [0.4, 0.5) is 5.88 Å². The number of hydrogen-bond acceptors (Lipinski definition) is 4. The summed E-state index contributed by atoms with van der Waals surface area (Å²) in [5.41, 5.74) is 3.50. The van der Waals surface area contributed by atoms with Crippen molar-refractivity contribution in [3.05, 3.63) is 87.4 Å². The summed E-state index contributed by atoms with van der Waals surface area (Å²) in [6, 6.07) is 19.1. The highest BCUT2D eigenvalue weighted by atomic mass is 35.5. The van der Waals surface area contributed by atoms with Crippen molar-refractivity contribution >= 4 is 34.4 Å². The van der Waals surface area contributed by atoms with Crippen LogP contribution in [0.1, 0.15) is 5.56 Å². The first-order valence-electron chi connectivity index (χ1n) is 8.71. The van der Waals surface area contributed by atoms with Gasteiger partial charge in [0.25, 0.3) is 0 Å². The Hall–Kier alpha value is -3.64. The third-order valence-electron chi connectivity index (χ3n) is 4.64. The van der Waals surface area contributed by atoms with E-state index in [4.69, 9.17) is 16.0 Å². The molecule has 0 bridgehead atoms. The lowest BCUT2D eigenvalue weighted by Crippen LogP contribution is -2.01. The molecule has 0 aliphatic carbocycles. The molecule has 4 aromatic rings. The summed E-state index contributed by atoms with van der Waals surface area (Å²) >= 11 is 5.95. The number of furan rings is 1. The summed E-state index contributed by atoms with van der Waals surface area (Å²) < 4.78 is 5.50. The van der Waals surface area contributed by atoms with Gasteiger partial charge in [-0.25, -0.2) is 0 Å². The number of halogens is 1. The predicted molar refractivity (Wildman–Crippen MR) is 110 cm³/mol. The van der Waals surface area contributed by atoms with Crippen molar-refractivity contribution < 1.29 is 19.2 Å². The monoisotopic (exact) mass is 407 g/mol. The van der Waals surface area contributed by atoms with E-state index in [9.17, 15) is 20.0 Å². The van der Waals surface area contributed by atoms with Crippen LogP contribution in [0.2, 0.25) is 5.02 Å². The smallest absolute Gasteiger partial charge is 0.442 e. The van der Waals surface area contributed by atoms with Crippen LogP contribution in [-0.2, 0) is 11.2 Å². The average Bonchev–Trinajstić information content (AvgIpc) is 3.08. The van der Waals surface area contributed by atoms with E-state index >= 15 is 0 Å². The fourth-order valence-corrected chi connectivity index (χ4v) is 3.52. The van der Waals surface area contributed by atoms with Crippen molar-refractivity contribution in [2.75, 3.05) is 0 Å². The first-order valence-corrected chi connectivity index (χ1v) is 9.09. The fraction of sp³-hybridized carbons (Fsp3) is 0.0455. The molecule has 1 heterocycles. The predicted octanol–water partition coefficient (Wildman–Crippen LogP) is 5.96. The van der Waals surface area contributed by atoms with Gasteiger partial charge < -0.3 is 9.52 Å². The molecule has 0 spiro atoms. The van der Waals surface area contributed by atoms with Crippen molar-refractivity contribution in [3.8, 4) is 22.3 Å². The number of carbonyl (C=O) groups is 1. The molecule has 0 radical (unpaired) electrons. The standard InChI is InChI=1S/C22H14ClNO5/c23-16-8-5-13(6-9-16)21-18-11-15(7-10-19(18)29-22(21)24(27)28)17-4-2-1-3-14(17)12-20(25)26/h1-11H,12H2,(H,25,26). The minimum absolute atomic E-state index is 0.121. The first kappa shape index (κ1) is 18.7. The van der Waals surface area contributed by atoms with Gasteiger partial charge in [-0.15, -0.1) is 0 Å². The highest BCUT2D eigenvalue weighted by Crippen LogP contribution is 2.41. The molecule has 0 saturated carbocycles. The molecule has 29 heavy (non-hydrogen) atoms. The summed E-state index contributed by atoms with van der Waals surface area (Å²) in [5, 5.41) is 21.9. The first-order chi connectivity index (χ1) is 13.9. The van der Waals surface area contributed by atoms with Crippen molar-refractivity contribution in [3.63, 3.8) is 0 Å². The molecule has 3 aromatic carbocycles. The van der Waals surface area contributed by atoms with Crippen LogP contribution in [0, 0.1) is 10.1 Å². The molecular weight excluding hydrogens is 394 g/mol. The molecule has 1 N–H and O–H groups in total. The second-order valence-electron chi connectivity index (χ2n) is 6.48. The molecular formula is C22H14ClNO5. The highest BCUT2D eigenvalue weighted by Gasteiger charge is 2.26. The molecule has 0 unspecified atom stereocenters. The van der Waals surface area contributed by atoms with Crippen molar-refractivity contribution in [1.82, 2.24) is 0 Å². The Labute approximate surface area is 170 Å². The molecule has 144 valence electrons. The van der Waals surface area contributed by atoms with Crippen LogP contribution in [0.15, 0.2) is 71.1 Å². The lowest BCUT2D eigenvalue weighted by atomic mass is 9.95. The zero-order valence-corrected chi connectivity index (χ0v) is 15.7. The molecule has 7 heteroatoms. The Kier molecular flexibility index (Phi) is 4.78. The molecule has 6 nitrogen and oxygen atoms in total. The van der Waals surface area contributed by atoms with E-state index in [-0.39, 0.29) is 12.3 Å². The SMILES string of the molecule is O=C(O)Cc1ccccc1-c1ccc2oc([N+](=O)[O-])c(-c3ccc(Cl)cc3)c2c1. The molecule has 4 rings (SSSR count). The highest BCUT2D eigenvalue weighted by molar-refractivity contribution is 6.30. The normalized spacial score (nSPS) is 10.9. The van der Waals surface area contributed by atoms with Crippen LogP contribution in [-0.4, -0.2) is 16.0 Å². The third-order valence-corrected chi connectivity index (χ3v) is 4.89. The summed E-state index contributed by atoms with van der Waals surface area (Å²) in [5.74, 6) is -1.28. The lowest BCUT2D eigenvalue weighted by molar-refractivity contribution is -0.400. The van der Waals surface area contributed by atoms with Gasteiger partial charge in [0.1, 0.15) is 16.1 Å². The summed E-state index contributed by atoms with van der Waals surface area (Å²) in [6.45, 7) is 0. The van der Waals surface area contributed by atoms with Gasteiger partial charge in [-0.05, 0) is 46.5 Å². The van der Waals surface area contributed by atoms with Crippen molar-refractivity contribution in [1.29, 1.82) is 0 Å². The topological polar surface area (TPSA) is 93.6 Å². The van der Waals surface area contributed by atoms with Crippen LogP contribution in [0.25, 0.3) is 33.2 Å². The lowest BCUT2D eigenvalue weighted by Gasteiger charge is -2.08. The van der Waals surface area contributed by atoms with E-state index in [2.05, 4.69) is 0 Å². The number of nitrogens with zero attached hydrogens (tertiary/aromatic N) is 1. The van der Waals surface area contributed by atoms with E-state index in [1.807, 2.05) is 12.1 Å². The maximum Gasteiger partial charge on any atom is 0.442 e. The van der Waals surface area contributed by atoms with E-state index in [1.54, 1.807) is 54.6 Å². The number of fused-ring (bicyclic) bond motifs is 1. The van der Waals surface area contributed by atoms with E-state index < -0.39 is 10.9 Å². The van der Waals surface area contributed by atoms with Gasteiger partial charge in [0.15, 0.2) is 0 Å².